The van der Waals surface area contributed by atoms with Gasteiger partial charge in [-0.25, -0.2) is 0 Å². The topological polar surface area (TPSA) is 20.2 Å². The predicted octanol–water partition coefficient (Wildman–Crippen LogP) is 0.200. The molecule has 0 spiro atoms. The minimum absolute atomic E-state index is 0.430. The zero-order valence-corrected chi connectivity index (χ0v) is 5.93. The van der Waals surface area contributed by atoms with E-state index in [0.29, 0.717) is 12.0 Å². The van der Waals surface area contributed by atoms with Crippen LogP contribution in [0.3, 0.4) is 0 Å². The standard InChI is InChI=1S/C7H13BO/c8-6-1-2-7(4-9)3-5(6)7/h5-6,9H,1-4,8H2/t5-,6+,7+/m1/s1. The highest BCUT2D eigenvalue weighted by Gasteiger charge is 2.59. The Hall–Kier alpha value is 0.0249. The third-order valence-electron chi connectivity index (χ3n) is 3.35. The van der Waals surface area contributed by atoms with Crippen LogP contribution in [0.1, 0.15) is 19.3 Å². The maximum Gasteiger partial charge on any atom is 0.105 e. The molecule has 0 aromatic heterocycles. The van der Waals surface area contributed by atoms with Crippen LogP contribution in [0.4, 0.5) is 0 Å². The largest absolute Gasteiger partial charge is 0.396 e. The van der Waals surface area contributed by atoms with Gasteiger partial charge in [0.05, 0.1) is 0 Å². The van der Waals surface area contributed by atoms with Crippen LogP contribution in [0.15, 0.2) is 0 Å². The first-order valence-electron chi connectivity index (χ1n) is 3.89. The van der Waals surface area contributed by atoms with Gasteiger partial charge in [-0.05, 0) is 24.2 Å². The lowest BCUT2D eigenvalue weighted by Crippen LogP contribution is -2.03. The maximum atomic E-state index is 8.98. The fraction of sp³-hybridized carbons (Fsp3) is 1.00. The molecule has 0 aromatic carbocycles. The molecule has 0 saturated heterocycles. The molecule has 0 unspecified atom stereocenters. The first-order valence-corrected chi connectivity index (χ1v) is 3.89. The van der Waals surface area contributed by atoms with Crippen molar-refractivity contribution in [3.8, 4) is 0 Å². The number of fused-ring (bicyclic) bond motifs is 1. The number of rotatable bonds is 1. The zero-order chi connectivity index (χ0) is 6.48. The first kappa shape index (κ1) is 5.78. The van der Waals surface area contributed by atoms with E-state index >= 15 is 0 Å². The van der Waals surface area contributed by atoms with Crippen LogP contribution >= 0.6 is 0 Å². The van der Waals surface area contributed by atoms with Gasteiger partial charge in [-0.1, -0.05) is 12.2 Å². The highest BCUT2D eigenvalue weighted by Crippen LogP contribution is 2.67. The van der Waals surface area contributed by atoms with Crippen LogP contribution in [0.5, 0.6) is 0 Å². The van der Waals surface area contributed by atoms with Gasteiger partial charge in [0.25, 0.3) is 0 Å². The molecule has 50 valence electrons. The molecule has 0 heterocycles. The van der Waals surface area contributed by atoms with Crippen molar-refractivity contribution in [3.05, 3.63) is 0 Å². The molecule has 9 heavy (non-hydrogen) atoms. The Kier molecular flexibility index (Phi) is 0.991. The summed E-state index contributed by atoms with van der Waals surface area (Å²) in [7, 11) is 2.31. The van der Waals surface area contributed by atoms with E-state index in [9.17, 15) is 0 Å². The van der Waals surface area contributed by atoms with Gasteiger partial charge in [0.15, 0.2) is 0 Å². The van der Waals surface area contributed by atoms with E-state index in [2.05, 4.69) is 7.85 Å². The van der Waals surface area contributed by atoms with E-state index in [-0.39, 0.29) is 0 Å². The van der Waals surface area contributed by atoms with E-state index in [1.165, 1.54) is 19.3 Å². The molecule has 2 rings (SSSR count). The van der Waals surface area contributed by atoms with Crippen molar-refractivity contribution in [2.24, 2.45) is 11.3 Å². The molecule has 0 aromatic rings. The minimum atomic E-state index is 0.430. The molecule has 0 amide bonds. The number of aliphatic hydroxyl groups excluding tert-OH is 1. The maximum absolute atomic E-state index is 8.98. The third kappa shape index (κ3) is 0.601. The Labute approximate surface area is 56.9 Å². The average Bonchev–Trinajstić information content (AvgIpc) is 2.53. The van der Waals surface area contributed by atoms with Gasteiger partial charge in [0, 0.05) is 6.61 Å². The zero-order valence-electron chi connectivity index (χ0n) is 5.93. The van der Waals surface area contributed by atoms with Crippen LogP contribution in [0, 0.1) is 11.3 Å². The van der Waals surface area contributed by atoms with E-state index < -0.39 is 0 Å². The van der Waals surface area contributed by atoms with Gasteiger partial charge in [-0.15, -0.1) is 0 Å². The molecule has 2 saturated carbocycles. The quantitative estimate of drug-likeness (QED) is 0.495. The highest BCUT2D eigenvalue weighted by molar-refractivity contribution is 6.12. The van der Waals surface area contributed by atoms with Crippen molar-refractivity contribution < 1.29 is 5.11 Å². The molecule has 2 heteroatoms. The van der Waals surface area contributed by atoms with Crippen molar-refractivity contribution >= 4 is 7.85 Å². The average molecular weight is 124 g/mol. The lowest BCUT2D eigenvalue weighted by Gasteiger charge is -2.03. The summed E-state index contributed by atoms with van der Waals surface area (Å²) >= 11 is 0. The summed E-state index contributed by atoms with van der Waals surface area (Å²) in [6, 6.07) is 0. The van der Waals surface area contributed by atoms with Gasteiger partial charge < -0.3 is 5.11 Å². The van der Waals surface area contributed by atoms with Crippen molar-refractivity contribution in [3.63, 3.8) is 0 Å². The van der Waals surface area contributed by atoms with Gasteiger partial charge >= 0.3 is 0 Å². The van der Waals surface area contributed by atoms with Gasteiger partial charge in [0.1, 0.15) is 7.85 Å². The Bertz CT molecular complexity index is 137. The van der Waals surface area contributed by atoms with E-state index in [1.54, 1.807) is 0 Å². The second-order valence-corrected chi connectivity index (χ2v) is 3.85. The summed E-state index contributed by atoms with van der Waals surface area (Å²) in [6.45, 7) is 0.446. The summed E-state index contributed by atoms with van der Waals surface area (Å²) in [5.41, 5.74) is 0.430. The smallest absolute Gasteiger partial charge is 0.105 e. The van der Waals surface area contributed by atoms with Crippen molar-refractivity contribution in [2.75, 3.05) is 6.61 Å². The Morgan fingerprint density at radius 3 is 2.67 bits per heavy atom. The Balaban J connectivity index is 2.08. The second kappa shape index (κ2) is 1.54. The molecule has 2 aliphatic carbocycles. The normalized spacial score (nSPS) is 55.2. The summed E-state index contributed by atoms with van der Waals surface area (Å²) in [5, 5.41) is 8.98. The van der Waals surface area contributed by atoms with E-state index in [4.69, 9.17) is 5.11 Å². The van der Waals surface area contributed by atoms with Gasteiger partial charge in [-0.2, -0.15) is 0 Å². The van der Waals surface area contributed by atoms with E-state index in [1.807, 2.05) is 0 Å². The molecular formula is C7H13BO. The fourth-order valence-electron chi connectivity index (χ4n) is 2.45. The SMILES string of the molecule is B[C@H]1CC[C@@]2(CO)C[C@H]12. The van der Waals surface area contributed by atoms with Crippen molar-refractivity contribution in [1.82, 2.24) is 0 Å². The van der Waals surface area contributed by atoms with Crippen LogP contribution < -0.4 is 0 Å². The molecule has 2 fully saturated rings. The lowest BCUT2D eigenvalue weighted by molar-refractivity contribution is 0.205. The highest BCUT2D eigenvalue weighted by atomic mass is 16.3. The first-order chi connectivity index (χ1) is 4.28. The number of hydrogen-bond donors (Lipinski definition) is 1. The monoisotopic (exact) mass is 124 g/mol. The molecule has 1 nitrogen and oxygen atoms in total. The summed E-state index contributed by atoms with van der Waals surface area (Å²) in [4.78, 5) is 0. The summed E-state index contributed by atoms with van der Waals surface area (Å²) < 4.78 is 0. The van der Waals surface area contributed by atoms with Gasteiger partial charge in [0.2, 0.25) is 0 Å². The molecule has 3 atom stereocenters. The van der Waals surface area contributed by atoms with Crippen LogP contribution in [-0.2, 0) is 0 Å². The van der Waals surface area contributed by atoms with E-state index in [0.717, 1.165) is 11.7 Å². The second-order valence-electron chi connectivity index (χ2n) is 3.85. The third-order valence-corrected chi connectivity index (χ3v) is 3.35. The van der Waals surface area contributed by atoms with Crippen LogP contribution in [0.2, 0.25) is 5.82 Å². The minimum Gasteiger partial charge on any atom is -0.396 e. The number of aliphatic hydroxyl groups is 1. The Morgan fingerprint density at radius 2 is 2.44 bits per heavy atom. The molecular weight excluding hydrogens is 111 g/mol. The Morgan fingerprint density at radius 1 is 1.67 bits per heavy atom. The summed E-state index contributed by atoms with van der Waals surface area (Å²) in [6.07, 6.45) is 3.95. The lowest BCUT2D eigenvalue weighted by atomic mass is 9.83. The van der Waals surface area contributed by atoms with Gasteiger partial charge in [-0.3, -0.25) is 0 Å². The van der Waals surface area contributed by atoms with Crippen molar-refractivity contribution in [2.45, 2.75) is 25.1 Å². The molecule has 0 radical (unpaired) electrons. The van der Waals surface area contributed by atoms with Crippen LogP contribution in [0.25, 0.3) is 0 Å². The van der Waals surface area contributed by atoms with Crippen LogP contribution in [-0.4, -0.2) is 19.6 Å². The fourth-order valence-corrected chi connectivity index (χ4v) is 2.45. The molecule has 1 N–H and O–H groups in total. The predicted molar refractivity (Wildman–Crippen MR) is 39.2 cm³/mol. The molecule has 0 aliphatic heterocycles. The molecule has 2 aliphatic rings. The van der Waals surface area contributed by atoms with Crippen molar-refractivity contribution in [1.29, 1.82) is 0 Å². The number of hydrogen-bond acceptors (Lipinski definition) is 1. The summed E-state index contributed by atoms with van der Waals surface area (Å²) in [5.74, 6) is 1.79. The molecule has 0 bridgehead atoms.